The third kappa shape index (κ3) is 7.32. The van der Waals surface area contributed by atoms with Gasteiger partial charge in [-0.05, 0) is 80.8 Å². The van der Waals surface area contributed by atoms with Gasteiger partial charge in [0.15, 0.2) is 0 Å². The number of benzene rings is 2. The summed E-state index contributed by atoms with van der Waals surface area (Å²) in [6.45, 7) is 11.1. The molecule has 0 bridgehead atoms. The lowest BCUT2D eigenvalue weighted by Crippen LogP contribution is -2.41. The number of rotatable bonds is 13. The molecule has 0 aliphatic carbocycles. The van der Waals surface area contributed by atoms with Gasteiger partial charge in [0.25, 0.3) is 0 Å². The minimum absolute atomic E-state index is 0.00498. The number of H-pyrrole nitrogens is 1. The maximum atomic E-state index is 13.0. The summed E-state index contributed by atoms with van der Waals surface area (Å²) in [5.41, 5.74) is 10.7. The van der Waals surface area contributed by atoms with Crippen molar-refractivity contribution < 1.29 is 17.9 Å². The van der Waals surface area contributed by atoms with Crippen molar-refractivity contribution in [1.82, 2.24) is 14.2 Å². The Morgan fingerprint density at radius 3 is 2.35 bits per heavy atom. The largest absolute Gasteiger partial charge is 0.379 e. The summed E-state index contributed by atoms with van der Waals surface area (Å²) < 4.78 is 33.4. The number of carbonyl (C=O) groups is 1. The van der Waals surface area contributed by atoms with E-state index in [0.29, 0.717) is 31.8 Å². The van der Waals surface area contributed by atoms with Crippen LogP contribution in [0.4, 0.5) is 0 Å². The molecule has 0 atom stereocenters. The number of aromatic nitrogens is 1. The summed E-state index contributed by atoms with van der Waals surface area (Å²) in [4.78, 5) is 17.5. The van der Waals surface area contributed by atoms with Crippen molar-refractivity contribution >= 4 is 26.8 Å². The molecule has 2 heterocycles. The van der Waals surface area contributed by atoms with E-state index < -0.39 is 10.0 Å². The van der Waals surface area contributed by atoms with Gasteiger partial charge in [-0.3, -0.25) is 9.69 Å². The Morgan fingerprint density at radius 1 is 1.05 bits per heavy atom. The molecule has 1 saturated heterocycles. The second-order valence-electron chi connectivity index (χ2n) is 11.3. The molecule has 0 radical (unpaired) electrons. The number of nitrogens with two attached hydrogens (primary N) is 1. The van der Waals surface area contributed by atoms with Crippen LogP contribution < -0.4 is 5.73 Å². The van der Waals surface area contributed by atoms with Gasteiger partial charge in [0, 0.05) is 48.8 Å². The number of sulfonamides is 1. The lowest BCUT2D eigenvalue weighted by atomic mass is 9.88. The molecule has 0 saturated carbocycles. The summed E-state index contributed by atoms with van der Waals surface area (Å²) in [6, 6.07) is 15.1. The van der Waals surface area contributed by atoms with Crippen molar-refractivity contribution in [2.24, 2.45) is 5.73 Å². The molecule has 3 aromatic rings. The van der Waals surface area contributed by atoms with Crippen molar-refractivity contribution in [1.29, 1.82) is 0 Å². The van der Waals surface area contributed by atoms with Crippen LogP contribution in [0.15, 0.2) is 48.7 Å². The number of ether oxygens (including phenoxy) is 1. The first-order valence-corrected chi connectivity index (χ1v) is 16.0. The lowest BCUT2D eigenvalue weighted by molar-refractivity contribution is -0.117. The number of aromatic amines is 1. The molecule has 1 aromatic heterocycles. The van der Waals surface area contributed by atoms with Crippen LogP contribution in [0.5, 0.6) is 0 Å². The number of hydrogen-bond donors (Lipinski definition) is 2. The summed E-state index contributed by atoms with van der Waals surface area (Å²) >= 11 is 0. The highest BCUT2D eigenvalue weighted by Gasteiger charge is 2.30. The smallest absolute Gasteiger partial charge is 0.221 e. The molecule has 9 heteroatoms. The average Bonchev–Trinajstić information content (AvgIpc) is 3.35. The van der Waals surface area contributed by atoms with Crippen molar-refractivity contribution in [2.75, 3.05) is 38.6 Å². The van der Waals surface area contributed by atoms with E-state index in [1.165, 1.54) is 5.56 Å². The number of amides is 1. The fourth-order valence-corrected chi connectivity index (χ4v) is 7.27. The molecule has 1 fully saturated rings. The van der Waals surface area contributed by atoms with Crippen LogP contribution in [0.2, 0.25) is 0 Å². The Kier molecular flexibility index (Phi) is 10.1. The van der Waals surface area contributed by atoms with Crippen molar-refractivity contribution in [3.63, 3.8) is 0 Å². The maximum Gasteiger partial charge on any atom is 0.221 e. The predicted molar refractivity (Wildman–Crippen MR) is 162 cm³/mol. The molecule has 40 heavy (non-hydrogen) atoms. The van der Waals surface area contributed by atoms with E-state index in [9.17, 15) is 13.2 Å². The molecule has 1 aliphatic heterocycles. The Balaban J connectivity index is 1.40. The van der Waals surface area contributed by atoms with E-state index in [1.54, 1.807) is 4.31 Å². The van der Waals surface area contributed by atoms with E-state index in [-0.39, 0.29) is 30.6 Å². The number of piperidine rings is 1. The second-order valence-corrected chi connectivity index (χ2v) is 13.4. The Labute approximate surface area is 238 Å². The van der Waals surface area contributed by atoms with Gasteiger partial charge >= 0.3 is 0 Å². The molecular weight excluding hydrogens is 524 g/mol. The molecule has 0 spiro atoms. The second kappa shape index (κ2) is 13.3. The molecule has 2 aromatic carbocycles. The highest BCUT2D eigenvalue weighted by molar-refractivity contribution is 7.89. The zero-order chi connectivity index (χ0) is 28.9. The van der Waals surface area contributed by atoms with E-state index >= 15 is 0 Å². The van der Waals surface area contributed by atoms with Gasteiger partial charge in [0.1, 0.15) is 0 Å². The number of nitrogens with one attached hydrogen (secondary N) is 1. The van der Waals surface area contributed by atoms with Crippen LogP contribution >= 0.6 is 0 Å². The summed E-state index contributed by atoms with van der Waals surface area (Å²) in [7, 11) is -3.38. The zero-order valence-electron chi connectivity index (χ0n) is 24.2. The highest BCUT2D eigenvalue weighted by atomic mass is 32.2. The van der Waals surface area contributed by atoms with Crippen LogP contribution in [0.3, 0.4) is 0 Å². The summed E-state index contributed by atoms with van der Waals surface area (Å²) in [5, 5.41) is 1.07. The zero-order valence-corrected chi connectivity index (χ0v) is 25.0. The molecule has 3 N–H and O–H groups in total. The van der Waals surface area contributed by atoms with Crippen LogP contribution in [-0.2, 0) is 26.0 Å². The molecule has 1 aliphatic rings. The number of nitrogens with zero attached hydrogens (tertiary/aromatic N) is 2. The summed E-state index contributed by atoms with van der Waals surface area (Å²) in [5.74, 6) is -0.144. The maximum absolute atomic E-state index is 13.0. The third-order valence-electron chi connectivity index (χ3n) is 7.97. The van der Waals surface area contributed by atoms with Gasteiger partial charge in [-0.25, -0.2) is 12.7 Å². The van der Waals surface area contributed by atoms with Gasteiger partial charge in [-0.2, -0.15) is 0 Å². The topological polar surface area (TPSA) is 109 Å². The number of primary amides is 1. The molecule has 0 unspecified atom stereocenters. The van der Waals surface area contributed by atoms with Crippen LogP contribution in [0.25, 0.3) is 22.0 Å². The Bertz CT molecular complexity index is 1370. The van der Waals surface area contributed by atoms with Crippen molar-refractivity contribution in [3.05, 3.63) is 59.8 Å². The van der Waals surface area contributed by atoms with Crippen molar-refractivity contribution in [2.45, 2.75) is 65.0 Å². The monoisotopic (exact) mass is 568 g/mol. The van der Waals surface area contributed by atoms with Gasteiger partial charge in [0.2, 0.25) is 15.9 Å². The molecule has 218 valence electrons. The van der Waals surface area contributed by atoms with Gasteiger partial charge in [0.05, 0.1) is 25.4 Å². The molecule has 1 amide bonds. The normalized spacial score (nSPS) is 15.6. The Morgan fingerprint density at radius 2 is 1.73 bits per heavy atom. The fraction of sp³-hybridized carbons (Fsp3) is 0.516. The first kappa shape index (κ1) is 30.2. The predicted octanol–water partition coefficient (Wildman–Crippen LogP) is 4.51. The van der Waals surface area contributed by atoms with Crippen LogP contribution in [-0.4, -0.2) is 79.2 Å². The third-order valence-corrected chi connectivity index (χ3v) is 9.80. The van der Waals surface area contributed by atoms with E-state index in [2.05, 4.69) is 55.8 Å². The van der Waals surface area contributed by atoms with Gasteiger partial charge < -0.3 is 15.5 Å². The molecule has 4 rings (SSSR count). The lowest BCUT2D eigenvalue weighted by Gasteiger charge is -2.31. The molecule has 8 nitrogen and oxygen atoms in total. The van der Waals surface area contributed by atoms with E-state index in [1.807, 2.05) is 30.5 Å². The van der Waals surface area contributed by atoms with Crippen molar-refractivity contribution in [3.8, 4) is 11.1 Å². The molecular formula is C31H44N4O4S. The highest BCUT2D eigenvalue weighted by Crippen LogP contribution is 2.37. The fourth-order valence-electron chi connectivity index (χ4n) is 5.91. The van der Waals surface area contributed by atoms with E-state index in [0.717, 1.165) is 47.0 Å². The first-order chi connectivity index (χ1) is 19.1. The average molecular weight is 569 g/mol. The quantitative estimate of drug-likeness (QED) is 0.295. The van der Waals surface area contributed by atoms with Crippen LogP contribution in [0.1, 0.15) is 57.6 Å². The van der Waals surface area contributed by atoms with E-state index in [4.69, 9.17) is 10.5 Å². The first-order valence-electron chi connectivity index (χ1n) is 14.4. The number of hydrogen-bond acceptors (Lipinski definition) is 5. The van der Waals surface area contributed by atoms with Crippen LogP contribution in [0, 0.1) is 0 Å². The Hall–Kier alpha value is -2.72. The minimum atomic E-state index is -3.38. The summed E-state index contributed by atoms with van der Waals surface area (Å²) in [6.07, 6.45) is 3.66. The standard InChI is InChI=1S/C31H44N4O4S/c1-22(2)35(23(3)4)14-15-39-16-17-40(37,38)34-12-10-25(11-13-34)29-21-33-31-27(20-30(32)36)18-26(19-28(29)31)24-8-6-5-7-9-24/h5-9,18-19,21-23,25,33H,10-17,20H2,1-4H3,(H2,32,36). The van der Waals surface area contributed by atoms with Gasteiger partial charge in [-0.15, -0.1) is 0 Å². The SMILES string of the molecule is CC(C)N(CCOCCS(=O)(=O)N1CCC(c2c[nH]c3c(CC(N)=O)cc(-c4ccccc4)cc23)CC1)C(C)C. The number of carbonyl (C=O) groups excluding carboxylic acids is 1. The minimum Gasteiger partial charge on any atom is -0.379 e. The van der Waals surface area contributed by atoms with Gasteiger partial charge in [-0.1, -0.05) is 30.3 Å². The number of fused-ring (bicyclic) bond motifs is 1.